The van der Waals surface area contributed by atoms with Crippen LogP contribution in [0.1, 0.15) is 20.8 Å². The number of hydrogen-bond donors (Lipinski definition) is 0. The van der Waals surface area contributed by atoms with E-state index in [9.17, 15) is 22.0 Å². The summed E-state index contributed by atoms with van der Waals surface area (Å²) in [5, 5.41) is 0.187. The average molecular weight is 497 g/mol. The van der Waals surface area contributed by atoms with Crippen molar-refractivity contribution in [2.75, 3.05) is 26.9 Å². The molecular formula is C21H29F5O4Si2. The van der Waals surface area contributed by atoms with E-state index in [2.05, 4.69) is 37.4 Å². The molecule has 11 heteroatoms. The number of benzene rings is 2. The van der Waals surface area contributed by atoms with Crippen LogP contribution < -0.4 is 10.4 Å². The van der Waals surface area contributed by atoms with Crippen LogP contribution in [0, 0.1) is 29.1 Å². The minimum Gasteiger partial charge on any atom is -0.416 e. The Bertz CT molecular complexity index is 823. The van der Waals surface area contributed by atoms with E-state index in [1.807, 2.05) is 6.07 Å². The second kappa shape index (κ2) is 12.6. The zero-order chi connectivity index (χ0) is 24.5. The molecule has 0 aromatic heterocycles. The maximum atomic E-state index is 13.9. The van der Waals surface area contributed by atoms with Gasteiger partial charge in [-0.2, -0.15) is 0 Å². The van der Waals surface area contributed by atoms with Gasteiger partial charge in [-0.25, -0.2) is 22.0 Å². The summed E-state index contributed by atoms with van der Waals surface area (Å²) in [5.74, 6) is -10.3. The molecule has 0 spiro atoms. The normalized spacial score (nSPS) is 11.8. The highest BCUT2D eigenvalue weighted by Crippen LogP contribution is 2.22. The second-order valence-corrected chi connectivity index (χ2v) is 13.4. The molecule has 4 nitrogen and oxygen atoms in total. The van der Waals surface area contributed by atoms with Crippen molar-refractivity contribution < 1.29 is 39.7 Å². The molecule has 0 heterocycles. The van der Waals surface area contributed by atoms with E-state index in [4.69, 9.17) is 17.7 Å². The summed E-state index contributed by atoms with van der Waals surface area (Å²) < 4.78 is 88.7. The third-order valence-corrected chi connectivity index (χ3v) is 10.3. The van der Waals surface area contributed by atoms with E-state index >= 15 is 0 Å². The summed E-state index contributed by atoms with van der Waals surface area (Å²) in [7, 11) is -4.01. The molecule has 2 rings (SSSR count). The molecule has 0 saturated carbocycles. The molecule has 0 amide bonds. The van der Waals surface area contributed by atoms with E-state index in [1.165, 1.54) is 26.0 Å². The largest absolute Gasteiger partial charge is 0.543 e. The minimum atomic E-state index is -4.24. The Morgan fingerprint density at radius 2 is 1.03 bits per heavy atom. The zero-order valence-corrected chi connectivity index (χ0v) is 21.0. The molecule has 180 valence electrons. The summed E-state index contributed by atoms with van der Waals surface area (Å²) in [5.41, 5.74) is 0. The Morgan fingerprint density at radius 1 is 0.656 bits per heavy atom. The smallest absolute Gasteiger partial charge is 0.416 e. The van der Waals surface area contributed by atoms with E-state index in [0.717, 1.165) is 0 Å². The van der Waals surface area contributed by atoms with Crippen LogP contribution >= 0.6 is 0 Å². The lowest BCUT2D eigenvalue weighted by atomic mass is 10.3. The number of hydrogen-bond acceptors (Lipinski definition) is 4. The van der Waals surface area contributed by atoms with Gasteiger partial charge in [0, 0.05) is 26.9 Å². The van der Waals surface area contributed by atoms with Crippen molar-refractivity contribution >= 4 is 27.5 Å². The van der Waals surface area contributed by atoms with Gasteiger partial charge in [0.25, 0.3) is 0 Å². The first-order chi connectivity index (χ1) is 15.0. The molecule has 2 aromatic rings. The van der Waals surface area contributed by atoms with Gasteiger partial charge in [-0.05, 0) is 39.1 Å². The van der Waals surface area contributed by atoms with Crippen LogP contribution in [-0.4, -0.2) is 44.1 Å². The monoisotopic (exact) mass is 496 g/mol. The van der Waals surface area contributed by atoms with Gasteiger partial charge in [0.1, 0.15) is 5.19 Å². The van der Waals surface area contributed by atoms with E-state index in [0.29, 0.717) is 0 Å². The lowest BCUT2D eigenvalue weighted by Crippen LogP contribution is -2.60. The van der Waals surface area contributed by atoms with Crippen molar-refractivity contribution in [3.05, 3.63) is 59.4 Å². The second-order valence-electron chi connectivity index (χ2n) is 6.88. The van der Waals surface area contributed by atoms with Gasteiger partial charge in [-0.15, -0.1) is 0 Å². The Hall–Kier alpha value is -1.64. The molecule has 0 aliphatic heterocycles. The molecule has 0 bridgehead atoms. The van der Waals surface area contributed by atoms with Crippen LogP contribution in [0.4, 0.5) is 22.0 Å². The quantitative estimate of drug-likeness (QED) is 0.223. The third kappa shape index (κ3) is 6.45. The Kier molecular flexibility index (Phi) is 11.1. The van der Waals surface area contributed by atoms with Crippen molar-refractivity contribution in [2.45, 2.75) is 33.9 Å². The van der Waals surface area contributed by atoms with Crippen LogP contribution in [-0.2, 0) is 17.7 Å². The zero-order valence-electron chi connectivity index (χ0n) is 19.0. The predicted octanol–water partition coefficient (Wildman–Crippen LogP) is 4.38. The maximum Gasteiger partial charge on any atom is 0.543 e. The first-order valence-corrected chi connectivity index (χ1v) is 14.7. The van der Waals surface area contributed by atoms with Gasteiger partial charge in [-0.3, -0.25) is 0 Å². The van der Waals surface area contributed by atoms with Gasteiger partial charge < -0.3 is 17.7 Å². The topological polar surface area (TPSA) is 36.9 Å². The molecule has 0 unspecified atom stereocenters. The molecule has 0 aliphatic rings. The molecular weight excluding hydrogens is 467 g/mol. The van der Waals surface area contributed by atoms with E-state index in [-0.39, 0.29) is 19.8 Å². The van der Waals surface area contributed by atoms with Gasteiger partial charge in [0.15, 0.2) is 23.3 Å². The summed E-state index contributed by atoms with van der Waals surface area (Å²) in [6.07, 6.45) is 0. The summed E-state index contributed by atoms with van der Waals surface area (Å²) in [6, 6.07) is 10.4. The van der Waals surface area contributed by atoms with Crippen molar-refractivity contribution in [1.82, 2.24) is 0 Å². The van der Waals surface area contributed by atoms with Crippen molar-refractivity contribution in [3.8, 4) is 0 Å². The molecule has 32 heavy (non-hydrogen) atoms. The first-order valence-electron chi connectivity index (χ1n) is 10.1. The highest BCUT2D eigenvalue weighted by atomic mass is 28.4. The summed E-state index contributed by atoms with van der Waals surface area (Å²) in [6.45, 7) is 8.64. The highest BCUT2D eigenvalue weighted by molar-refractivity contribution is 6.84. The predicted molar refractivity (Wildman–Crippen MR) is 117 cm³/mol. The molecule has 0 radical (unpaired) electrons. The molecule has 0 N–H and O–H groups in total. The minimum absolute atomic E-state index is 0.0777. The average Bonchev–Trinajstić information content (AvgIpc) is 2.78. The molecule has 0 saturated heterocycles. The van der Waals surface area contributed by atoms with Crippen LogP contribution in [0.25, 0.3) is 0 Å². The Labute approximate surface area is 187 Å². The summed E-state index contributed by atoms with van der Waals surface area (Å²) in [4.78, 5) is 0. The molecule has 2 aromatic carbocycles. The fourth-order valence-corrected chi connectivity index (χ4v) is 6.55. The molecule has 0 atom stereocenters. The fourth-order valence-electron chi connectivity index (χ4n) is 2.74. The first kappa shape index (κ1) is 28.4. The van der Waals surface area contributed by atoms with Gasteiger partial charge in [-0.1, -0.05) is 30.3 Å². The van der Waals surface area contributed by atoms with Crippen LogP contribution in [0.2, 0.25) is 13.1 Å². The Balaban J connectivity index is 0.000000389. The van der Waals surface area contributed by atoms with E-state index in [1.54, 1.807) is 7.11 Å². The summed E-state index contributed by atoms with van der Waals surface area (Å²) >= 11 is 0. The third-order valence-electron chi connectivity index (χ3n) is 4.50. The molecule has 0 fully saturated rings. The van der Waals surface area contributed by atoms with Crippen LogP contribution in [0.3, 0.4) is 0 Å². The van der Waals surface area contributed by atoms with Crippen LogP contribution in [0.5, 0.6) is 0 Å². The van der Waals surface area contributed by atoms with Crippen molar-refractivity contribution in [3.63, 3.8) is 0 Å². The highest BCUT2D eigenvalue weighted by Gasteiger charge is 2.50. The van der Waals surface area contributed by atoms with Gasteiger partial charge >= 0.3 is 8.80 Å². The van der Waals surface area contributed by atoms with Crippen molar-refractivity contribution in [2.24, 2.45) is 0 Å². The van der Waals surface area contributed by atoms with E-state index < -0.39 is 51.4 Å². The van der Waals surface area contributed by atoms with Gasteiger partial charge in [0.2, 0.25) is 14.1 Å². The van der Waals surface area contributed by atoms with Crippen LogP contribution in [0.15, 0.2) is 30.3 Å². The molecule has 0 aliphatic carbocycles. The fraction of sp³-hybridized carbons (Fsp3) is 0.429. The Morgan fingerprint density at radius 3 is 1.38 bits per heavy atom. The maximum absolute atomic E-state index is 13.9. The SMILES string of the molecule is CCO[Si](OCC)(OCC)c1c(F)c(F)c(F)c(F)c1F.CO[Si](C)(C)c1ccccc1. The van der Waals surface area contributed by atoms with Crippen molar-refractivity contribution in [1.29, 1.82) is 0 Å². The standard InChI is InChI=1S/C12H15F5O3Si.C9H14OSi/c1-4-18-21(19-5-2,20-6-3)12-10(16)8(14)7(13)9(15)11(12)17;1-10-11(2,3)9-7-5-4-6-8-9/h4-6H2,1-3H3;4-8H,1-3H3. The lowest BCUT2D eigenvalue weighted by Gasteiger charge is -2.29. The number of rotatable bonds is 9. The number of halogens is 5. The lowest BCUT2D eigenvalue weighted by molar-refractivity contribution is 0.0838. The van der Waals surface area contributed by atoms with Gasteiger partial charge in [0.05, 0.1) is 0 Å².